The minimum atomic E-state index is -0.222. The van der Waals surface area contributed by atoms with Gasteiger partial charge in [0.15, 0.2) is 0 Å². The quantitative estimate of drug-likeness (QED) is 0.667. The summed E-state index contributed by atoms with van der Waals surface area (Å²) in [4.78, 5) is 27.7. The molecule has 3 aromatic rings. The first-order valence-corrected chi connectivity index (χ1v) is 10.0. The fourth-order valence-electron chi connectivity index (χ4n) is 3.72. The van der Waals surface area contributed by atoms with E-state index in [1.807, 2.05) is 25.1 Å². The summed E-state index contributed by atoms with van der Waals surface area (Å²) >= 11 is 0. The van der Waals surface area contributed by atoms with Gasteiger partial charge in [-0.2, -0.15) is 0 Å². The van der Waals surface area contributed by atoms with E-state index in [1.165, 1.54) is 0 Å². The maximum atomic E-state index is 13.1. The number of hydrogen-bond donors (Lipinski definition) is 1. The first kappa shape index (κ1) is 20.5. The normalized spacial score (nSPS) is 12.3. The van der Waals surface area contributed by atoms with E-state index in [4.69, 9.17) is 9.47 Å². The highest BCUT2D eigenvalue weighted by Gasteiger charge is 2.26. The van der Waals surface area contributed by atoms with Crippen molar-refractivity contribution in [2.75, 3.05) is 31.0 Å². The molecule has 31 heavy (non-hydrogen) atoms. The van der Waals surface area contributed by atoms with Crippen molar-refractivity contribution < 1.29 is 19.1 Å². The Hall–Kier alpha value is -3.80. The number of nitrogens with zero attached hydrogens (tertiary/aromatic N) is 1. The highest BCUT2D eigenvalue weighted by molar-refractivity contribution is 6.09. The number of benzene rings is 3. The van der Waals surface area contributed by atoms with Crippen molar-refractivity contribution in [1.82, 2.24) is 0 Å². The predicted octanol–water partition coefficient (Wildman–Crippen LogP) is 4.47. The average Bonchev–Trinajstić information content (AvgIpc) is 3.23. The summed E-state index contributed by atoms with van der Waals surface area (Å²) in [5.74, 6) is 1.12. The molecule has 1 aliphatic rings. The zero-order valence-electron chi connectivity index (χ0n) is 17.8. The second-order valence-electron chi connectivity index (χ2n) is 7.41. The molecule has 0 spiro atoms. The Morgan fingerprint density at radius 1 is 0.871 bits per heavy atom. The van der Waals surface area contributed by atoms with Crippen LogP contribution in [-0.2, 0) is 6.42 Å². The Balaban J connectivity index is 1.56. The largest absolute Gasteiger partial charge is 0.497 e. The first-order chi connectivity index (χ1) is 15.0. The molecule has 0 saturated carbocycles. The molecule has 6 heteroatoms. The number of methoxy groups -OCH3 is 2. The Bertz CT molecular complexity index is 1140. The average molecular weight is 416 g/mol. The molecule has 0 aliphatic carbocycles. The molecule has 1 N–H and O–H groups in total. The second kappa shape index (κ2) is 8.52. The highest BCUT2D eigenvalue weighted by Crippen LogP contribution is 2.31. The molecule has 158 valence electrons. The Labute approximate surface area is 181 Å². The first-order valence-electron chi connectivity index (χ1n) is 10.0. The molecule has 3 aromatic carbocycles. The summed E-state index contributed by atoms with van der Waals surface area (Å²) < 4.78 is 10.4. The summed E-state index contributed by atoms with van der Waals surface area (Å²) in [5, 5.41) is 2.95. The van der Waals surface area contributed by atoms with E-state index >= 15 is 0 Å². The standard InChI is InChI=1S/C25H24N2O4/c1-16-14-21(31-3)10-11-22(16)26-24(28)19-5-4-17-12-13-27(23(17)15-19)25(29)18-6-8-20(30-2)9-7-18/h4-11,14-15H,12-13H2,1-3H3,(H,26,28). The van der Waals surface area contributed by atoms with Gasteiger partial charge < -0.3 is 19.7 Å². The monoisotopic (exact) mass is 416 g/mol. The number of carbonyl (C=O) groups excluding carboxylic acids is 2. The molecule has 1 aliphatic heterocycles. The van der Waals surface area contributed by atoms with Crippen LogP contribution in [0.5, 0.6) is 11.5 Å². The van der Waals surface area contributed by atoms with Gasteiger partial charge >= 0.3 is 0 Å². The fraction of sp³-hybridized carbons (Fsp3) is 0.200. The Morgan fingerprint density at radius 3 is 2.23 bits per heavy atom. The van der Waals surface area contributed by atoms with Gasteiger partial charge in [-0.15, -0.1) is 0 Å². The lowest BCUT2D eigenvalue weighted by molar-refractivity contribution is 0.0986. The smallest absolute Gasteiger partial charge is 0.258 e. The number of nitrogens with one attached hydrogen (secondary N) is 1. The van der Waals surface area contributed by atoms with Gasteiger partial charge in [-0.1, -0.05) is 6.07 Å². The number of amides is 2. The third-order valence-electron chi connectivity index (χ3n) is 5.51. The zero-order valence-corrected chi connectivity index (χ0v) is 17.8. The molecule has 0 fully saturated rings. The van der Waals surface area contributed by atoms with Gasteiger partial charge in [0.1, 0.15) is 11.5 Å². The second-order valence-corrected chi connectivity index (χ2v) is 7.41. The molecular weight excluding hydrogens is 392 g/mol. The molecule has 2 amide bonds. The molecule has 0 bridgehead atoms. The Morgan fingerprint density at radius 2 is 1.55 bits per heavy atom. The number of ether oxygens (including phenoxy) is 2. The van der Waals surface area contributed by atoms with Crippen LogP contribution in [-0.4, -0.2) is 32.6 Å². The van der Waals surface area contributed by atoms with Gasteiger partial charge in [0.2, 0.25) is 0 Å². The van der Waals surface area contributed by atoms with E-state index in [9.17, 15) is 9.59 Å². The number of hydrogen-bond acceptors (Lipinski definition) is 4. The number of carbonyl (C=O) groups is 2. The van der Waals surface area contributed by atoms with E-state index in [0.717, 1.165) is 34.7 Å². The van der Waals surface area contributed by atoms with Crippen LogP contribution in [0.2, 0.25) is 0 Å². The molecular formula is C25H24N2O4. The topological polar surface area (TPSA) is 67.9 Å². The van der Waals surface area contributed by atoms with Crippen molar-refractivity contribution in [2.45, 2.75) is 13.3 Å². The van der Waals surface area contributed by atoms with Crippen LogP contribution < -0.4 is 19.7 Å². The predicted molar refractivity (Wildman–Crippen MR) is 121 cm³/mol. The maximum Gasteiger partial charge on any atom is 0.258 e. The molecule has 0 saturated heterocycles. The lowest BCUT2D eigenvalue weighted by atomic mass is 10.1. The summed E-state index contributed by atoms with van der Waals surface area (Å²) in [5.41, 5.74) is 4.54. The minimum Gasteiger partial charge on any atom is -0.497 e. The van der Waals surface area contributed by atoms with Gasteiger partial charge in [0.05, 0.1) is 14.2 Å². The molecule has 6 nitrogen and oxygen atoms in total. The lowest BCUT2D eigenvalue weighted by Crippen LogP contribution is -2.29. The van der Waals surface area contributed by atoms with E-state index in [1.54, 1.807) is 61.6 Å². The van der Waals surface area contributed by atoms with Gasteiger partial charge in [-0.3, -0.25) is 9.59 Å². The summed E-state index contributed by atoms with van der Waals surface area (Å²) in [6, 6.07) is 18.0. The number of fused-ring (bicyclic) bond motifs is 1. The van der Waals surface area contributed by atoms with Gasteiger partial charge in [0.25, 0.3) is 11.8 Å². The van der Waals surface area contributed by atoms with Crippen LogP contribution in [0.1, 0.15) is 31.8 Å². The van der Waals surface area contributed by atoms with E-state index in [0.29, 0.717) is 23.4 Å². The zero-order chi connectivity index (χ0) is 22.0. The van der Waals surface area contributed by atoms with E-state index in [-0.39, 0.29) is 11.8 Å². The molecule has 0 radical (unpaired) electrons. The van der Waals surface area contributed by atoms with Crippen molar-refractivity contribution in [2.24, 2.45) is 0 Å². The number of aryl methyl sites for hydroxylation is 1. The van der Waals surface area contributed by atoms with Crippen molar-refractivity contribution in [3.05, 3.63) is 82.9 Å². The van der Waals surface area contributed by atoms with Crippen LogP contribution in [0, 0.1) is 6.92 Å². The van der Waals surface area contributed by atoms with Crippen LogP contribution in [0.15, 0.2) is 60.7 Å². The Kier molecular flexibility index (Phi) is 5.62. The molecule has 0 aromatic heterocycles. The van der Waals surface area contributed by atoms with Gasteiger partial charge in [0, 0.05) is 29.0 Å². The molecule has 4 rings (SSSR count). The van der Waals surface area contributed by atoms with Crippen molar-refractivity contribution in [3.63, 3.8) is 0 Å². The lowest BCUT2D eigenvalue weighted by Gasteiger charge is -2.18. The van der Waals surface area contributed by atoms with Crippen molar-refractivity contribution in [1.29, 1.82) is 0 Å². The minimum absolute atomic E-state index is 0.0926. The fourth-order valence-corrected chi connectivity index (χ4v) is 3.72. The number of anilines is 2. The van der Waals surface area contributed by atoms with Gasteiger partial charge in [-0.05, 0) is 79.1 Å². The highest BCUT2D eigenvalue weighted by atomic mass is 16.5. The van der Waals surface area contributed by atoms with Crippen LogP contribution in [0.3, 0.4) is 0 Å². The van der Waals surface area contributed by atoms with Gasteiger partial charge in [-0.25, -0.2) is 0 Å². The maximum absolute atomic E-state index is 13.1. The van der Waals surface area contributed by atoms with Crippen molar-refractivity contribution in [3.8, 4) is 11.5 Å². The third kappa shape index (κ3) is 4.10. The molecule has 1 heterocycles. The third-order valence-corrected chi connectivity index (χ3v) is 5.51. The SMILES string of the molecule is COc1ccc(C(=O)N2CCc3ccc(C(=O)Nc4ccc(OC)cc4C)cc32)cc1. The number of rotatable bonds is 5. The van der Waals surface area contributed by atoms with Crippen LogP contribution in [0.4, 0.5) is 11.4 Å². The van der Waals surface area contributed by atoms with Crippen LogP contribution >= 0.6 is 0 Å². The van der Waals surface area contributed by atoms with Crippen LogP contribution in [0.25, 0.3) is 0 Å². The molecule has 0 atom stereocenters. The summed E-state index contributed by atoms with van der Waals surface area (Å²) in [6.45, 7) is 2.50. The van der Waals surface area contributed by atoms with E-state index < -0.39 is 0 Å². The molecule has 0 unspecified atom stereocenters. The summed E-state index contributed by atoms with van der Waals surface area (Å²) in [7, 11) is 3.20. The summed E-state index contributed by atoms with van der Waals surface area (Å²) in [6.07, 6.45) is 0.761. The van der Waals surface area contributed by atoms with Crippen molar-refractivity contribution >= 4 is 23.2 Å². The van der Waals surface area contributed by atoms with E-state index in [2.05, 4.69) is 5.32 Å².